The van der Waals surface area contributed by atoms with Crippen molar-refractivity contribution in [2.24, 2.45) is 5.92 Å². The molecule has 1 aliphatic rings. The maximum atomic E-state index is 11.7. The molecule has 1 N–H and O–H groups in total. The molecule has 1 aliphatic heterocycles. The average molecular weight is 277 g/mol. The SMILES string of the molecule is COCC(=O)N1CCC(NC(=O)C(C)CCl)CC1. The normalized spacial score (nSPS) is 18.5. The average Bonchev–Trinajstić information content (AvgIpc) is 2.38. The van der Waals surface area contributed by atoms with Crippen molar-refractivity contribution in [2.75, 3.05) is 32.7 Å². The Kier molecular flexibility index (Phi) is 6.43. The second-order valence-corrected chi connectivity index (χ2v) is 4.96. The van der Waals surface area contributed by atoms with Gasteiger partial charge in [-0.2, -0.15) is 0 Å². The molecule has 1 fully saturated rings. The van der Waals surface area contributed by atoms with E-state index in [0.29, 0.717) is 19.0 Å². The van der Waals surface area contributed by atoms with Crippen LogP contribution in [0.15, 0.2) is 0 Å². The van der Waals surface area contributed by atoms with Crippen molar-refractivity contribution in [1.82, 2.24) is 10.2 Å². The van der Waals surface area contributed by atoms with E-state index in [1.807, 2.05) is 0 Å². The molecule has 0 bridgehead atoms. The van der Waals surface area contributed by atoms with Gasteiger partial charge in [-0.1, -0.05) is 6.92 Å². The van der Waals surface area contributed by atoms with Crippen LogP contribution >= 0.6 is 11.6 Å². The van der Waals surface area contributed by atoms with E-state index in [4.69, 9.17) is 16.3 Å². The number of alkyl halides is 1. The predicted molar refractivity (Wildman–Crippen MR) is 69.5 cm³/mol. The highest BCUT2D eigenvalue weighted by molar-refractivity contribution is 6.19. The van der Waals surface area contributed by atoms with Gasteiger partial charge in [0.05, 0.1) is 0 Å². The summed E-state index contributed by atoms with van der Waals surface area (Å²) in [6.07, 6.45) is 1.58. The van der Waals surface area contributed by atoms with Crippen LogP contribution in [0.25, 0.3) is 0 Å². The summed E-state index contributed by atoms with van der Waals surface area (Å²) in [6.45, 7) is 3.27. The van der Waals surface area contributed by atoms with Crippen molar-refractivity contribution in [2.45, 2.75) is 25.8 Å². The Bertz CT molecular complexity index is 291. The zero-order valence-electron chi connectivity index (χ0n) is 10.9. The second-order valence-electron chi connectivity index (χ2n) is 4.65. The number of likely N-dealkylation sites (tertiary alicyclic amines) is 1. The number of ether oxygens (including phenoxy) is 1. The zero-order chi connectivity index (χ0) is 13.5. The van der Waals surface area contributed by atoms with Gasteiger partial charge in [0.15, 0.2) is 0 Å². The first kappa shape index (κ1) is 15.2. The number of nitrogens with zero attached hydrogens (tertiary/aromatic N) is 1. The molecule has 1 saturated heterocycles. The van der Waals surface area contributed by atoms with Crippen molar-refractivity contribution in [3.05, 3.63) is 0 Å². The molecule has 18 heavy (non-hydrogen) atoms. The Morgan fingerprint density at radius 2 is 2.06 bits per heavy atom. The zero-order valence-corrected chi connectivity index (χ0v) is 11.7. The molecule has 1 rings (SSSR count). The Labute approximate surface area is 113 Å². The van der Waals surface area contributed by atoms with Gasteiger partial charge in [0.25, 0.3) is 0 Å². The third-order valence-electron chi connectivity index (χ3n) is 3.14. The van der Waals surface area contributed by atoms with Gasteiger partial charge in [-0.05, 0) is 12.8 Å². The van der Waals surface area contributed by atoms with E-state index in [1.165, 1.54) is 7.11 Å². The van der Waals surface area contributed by atoms with Crippen LogP contribution in [0.2, 0.25) is 0 Å². The van der Waals surface area contributed by atoms with Crippen molar-refractivity contribution in [1.29, 1.82) is 0 Å². The minimum atomic E-state index is -0.167. The predicted octanol–water partition coefficient (Wildman–Crippen LogP) is 0.615. The monoisotopic (exact) mass is 276 g/mol. The molecule has 104 valence electrons. The van der Waals surface area contributed by atoms with Crippen LogP contribution in [0.5, 0.6) is 0 Å². The van der Waals surface area contributed by atoms with E-state index >= 15 is 0 Å². The third-order valence-corrected chi connectivity index (χ3v) is 3.60. The van der Waals surface area contributed by atoms with Gasteiger partial charge in [0.2, 0.25) is 11.8 Å². The first-order valence-corrected chi connectivity index (χ1v) is 6.75. The number of halogens is 1. The topological polar surface area (TPSA) is 58.6 Å². The summed E-state index contributed by atoms with van der Waals surface area (Å²) in [7, 11) is 1.51. The highest BCUT2D eigenvalue weighted by Gasteiger charge is 2.24. The molecule has 0 saturated carbocycles. The van der Waals surface area contributed by atoms with Crippen LogP contribution in [0, 0.1) is 5.92 Å². The molecule has 1 unspecified atom stereocenters. The Balaban J connectivity index is 2.31. The molecule has 0 aromatic carbocycles. The van der Waals surface area contributed by atoms with Crippen LogP contribution < -0.4 is 5.32 Å². The highest BCUT2D eigenvalue weighted by atomic mass is 35.5. The maximum absolute atomic E-state index is 11.7. The lowest BCUT2D eigenvalue weighted by molar-refractivity contribution is -0.136. The molecule has 0 radical (unpaired) electrons. The summed E-state index contributed by atoms with van der Waals surface area (Å²) < 4.78 is 4.82. The number of hydrogen-bond acceptors (Lipinski definition) is 3. The van der Waals surface area contributed by atoms with Crippen LogP contribution in [-0.4, -0.2) is 55.4 Å². The number of nitrogens with one attached hydrogen (secondary N) is 1. The second kappa shape index (κ2) is 7.59. The van der Waals surface area contributed by atoms with Crippen LogP contribution in [0.4, 0.5) is 0 Å². The number of carbonyl (C=O) groups excluding carboxylic acids is 2. The van der Waals surface area contributed by atoms with E-state index in [1.54, 1.807) is 11.8 Å². The fraction of sp³-hybridized carbons (Fsp3) is 0.833. The first-order valence-electron chi connectivity index (χ1n) is 6.21. The minimum absolute atomic E-state index is 0.00771. The fourth-order valence-corrected chi connectivity index (χ4v) is 2.04. The maximum Gasteiger partial charge on any atom is 0.248 e. The quantitative estimate of drug-likeness (QED) is 0.749. The Morgan fingerprint density at radius 1 is 1.44 bits per heavy atom. The molecule has 1 heterocycles. The van der Waals surface area contributed by atoms with E-state index in [2.05, 4.69) is 5.32 Å². The molecule has 0 aromatic rings. The molecule has 1 atom stereocenters. The first-order chi connectivity index (χ1) is 8.58. The van der Waals surface area contributed by atoms with E-state index in [9.17, 15) is 9.59 Å². The number of piperidine rings is 1. The lowest BCUT2D eigenvalue weighted by Gasteiger charge is -2.32. The van der Waals surface area contributed by atoms with Crippen molar-refractivity contribution >= 4 is 23.4 Å². The smallest absolute Gasteiger partial charge is 0.248 e. The minimum Gasteiger partial charge on any atom is -0.375 e. The lowest BCUT2D eigenvalue weighted by atomic mass is 10.0. The third kappa shape index (κ3) is 4.46. The molecule has 6 heteroatoms. The molecular weight excluding hydrogens is 256 g/mol. The van der Waals surface area contributed by atoms with Gasteiger partial charge in [-0.25, -0.2) is 0 Å². The summed E-state index contributed by atoms with van der Waals surface area (Å²) in [5, 5.41) is 2.97. The summed E-state index contributed by atoms with van der Waals surface area (Å²) in [5.74, 6) is 0.166. The lowest BCUT2D eigenvalue weighted by Crippen LogP contribution is -2.48. The van der Waals surface area contributed by atoms with E-state index in [-0.39, 0.29) is 30.4 Å². The van der Waals surface area contributed by atoms with Crippen LogP contribution in [0.3, 0.4) is 0 Å². The van der Waals surface area contributed by atoms with Crippen LogP contribution in [0.1, 0.15) is 19.8 Å². The molecule has 0 aromatic heterocycles. The fourth-order valence-electron chi connectivity index (χ4n) is 1.90. The number of rotatable bonds is 5. The van der Waals surface area contributed by atoms with Crippen molar-refractivity contribution < 1.29 is 14.3 Å². The molecule has 2 amide bonds. The van der Waals surface area contributed by atoms with Crippen molar-refractivity contribution in [3.8, 4) is 0 Å². The Morgan fingerprint density at radius 3 is 2.56 bits per heavy atom. The van der Waals surface area contributed by atoms with Gasteiger partial charge in [0, 0.05) is 38.0 Å². The van der Waals surface area contributed by atoms with Gasteiger partial charge in [-0.3, -0.25) is 9.59 Å². The number of hydrogen-bond donors (Lipinski definition) is 1. The standard InChI is InChI=1S/C12H21ClN2O3/c1-9(7-13)12(17)14-10-3-5-15(6-4-10)11(16)8-18-2/h9-10H,3-8H2,1-2H3,(H,14,17). The van der Waals surface area contributed by atoms with Gasteiger partial charge < -0.3 is 15.0 Å². The van der Waals surface area contributed by atoms with E-state index < -0.39 is 0 Å². The van der Waals surface area contributed by atoms with E-state index in [0.717, 1.165) is 12.8 Å². The summed E-state index contributed by atoms with van der Waals surface area (Å²) >= 11 is 5.64. The number of methoxy groups -OCH3 is 1. The number of amides is 2. The molecular formula is C12H21ClN2O3. The molecule has 0 aliphatic carbocycles. The van der Waals surface area contributed by atoms with Gasteiger partial charge >= 0.3 is 0 Å². The Hall–Kier alpha value is -0.810. The van der Waals surface area contributed by atoms with Crippen LogP contribution in [-0.2, 0) is 14.3 Å². The summed E-state index contributed by atoms with van der Waals surface area (Å²) in [4.78, 5) is 25.0. The summed E-state index contributed by atoms with van der Waals surface area (Å²) in [5.41, 5.74) is 0. The summed E-state index contributed by atoms with van der Waals surface area (Å²) in [6, 6.07) is 0.148. The molecule has 0 spiro atoms. The van der Waals surface area contributed by atoms with Crippen molar-refractivity contribution in [3.63, 3.8) is 0 Å². The highest BCUT2D eigenvalue weighted by Crippen LogP contribution is 2.11. The van der Waals surface area contributed by atoms with Gasteiger partial charge in [-0.15, -0.1) is 11.6 Å². The van der Waals surface area contributed by atoms with Gasteiger partial charge in [0.1, 0.15) is 6.61 Å². The molecule has 5 nitrogen and oxygen atoms in total. The largest absolute Gasteiger partial charge is 0.375 e. The number of carbonyl (C=O) groups is 2.